The minimum Gasteiger partial charge on any atom is -0.469 e. The number of ether oxygens (including phenoxy) is 1. The molecule has 2 aliphatic heterocycles. The van der Waals surface area contributed by atoms with Gasteiger partial charge in [0.05, 0.1) is 18.3 Å². The maximum Gasteiger partial charge on any atom is 0.253 e. The zero-order valence-electron chi connectivity index (χ0n) is 32.7. The Hall–Kier alpha value is -6.55. The standard InChI is InChI=1S/C51H42N4O3S2/c56-44(32-36-19-7-1-8-20-36)53-45-48(57)55-46(50(59)58-47(38-21-9-2-10-22-38)39-23-11-3-12-24-39)40(35-60-49(45)55)31-37-33-52-54(34-37)51(41-25-13-4-14-26-41,42-27-15-5-16-28-42)43-29-17-6-18-30-43/h1-30,33-34,45,47,49H,31-32,35H2,(H,53,56)/t45-,49-/m1/s1. The van der Waals surface area contributed by atoms with E-state index in [2.05, 4.69) is 89.0 Å². The first-order valence-electron chi connectivity index (χ1n) is 20.0. The van der Waals surface area contributed by atoms with Crippen molar-refractivity contribution in [1.29, 1.82) is 0 Å². The van der Waals surface area contributed by atoms with E-state index < -0.39 is 17.7 Å². The third-order valence-electron chi connectivity index (χ3n) is 11.2. The Balaban J connectivity index is 1.09. The Morgan fingerprint density at radius 3 is 1.72 bits per heavy atom. The maximum atomic E-state index is 14.3. The number of hydrogen-bond acceptors (Lipinski definition) is 6. The SMILES string of the molecule is O=C(Cc1ccccc1)N[C@@H]1C(=O)N2C(C(=S)OC(c3ccccc3)c3ccccc3)=C(Cc3cnn(C(c4ccccc4)(c4ccccc4)c4ccccc4)c3)CS[C@H]12. The van der Waals surface area contributed by atoms with Crippen LogP contribution >= 0.6 is 24.0 Å². The highest BCUT2D eigenvalue weighted by Gasteiger charge is 2.54. The Morgan fingerprint density at radius 2 is 1.20 bits per heavy atom. The van der Waals surface area contributed by atoms with Gasteiger partial charge in [-0.15, -0.1) is 11.8 Å². The molecule has 0 bridgehead atoms. The van der Waals surface area contributed by atoms with Crippen LogP contribution in [-0.4, -0.2) is 48.7 Å². The first-order chi connectivity index (χ1) is 29.5. The van der Waals surface area contributed by atoms with Crippen LogP contribution in [0.1, 0.15) is 45.0 Å². The topological polar surface area (TPSA) is 76.5 Å². The van der Waals surface area contributed by atoms with Crippen molar-refractivity contribution in [2.75, 3.05) is 5.75 Å². The van der Waals surface area contributed by atoms with Crippen LogP contribution in [0.5, 0.6) is 0 Å². The van der Waals surface area contributed by atoms with Crippen molar-refractivity contribution in [2.45, 2.75) is 35.9 Å². The third-order valence-corrected chi connectivity index (χ3v) is 12.8. The number of aromatic nitrogens is 2. The summed E-state index contributed by atoms with van der Waals surface area (Å²) in [6, 6.07) is 60.2. The zero-order chi connectivity index (χ0) is 40.9. The minimum atomic E-state index is -0.777. The van der Waals surface area contributed by atoms with Crippen molar-refractivity contribution in [3.63, 3.8) is 0 Å². The van der Waals surface area contributed by atoms with Crippen LogP contribution in [0.2, 0.25) is 0 Å². The fourth-order valence-electron chi connectivity index (χ4n) is 8.38. The van der Waals surface area contributed by atoms with E-state index in [0.29, 0.717) is 17.9 Å². The van der Waals surface area contributed by atoms with Crippen LogP contribution in [0.15, 0.2) is 206 Å². The van der Waals surface area contributed by atoms with Crippen molar-refractivity contribution in [3.05, 3.63) is 245 Å². The summed E-state index contributed by atoms with van der Waals surface area (Å²) >= 11 is 7.86. The van der Waals surface area contributed by atoms with Gasteiger partial charge in [0, 0.05) is 11.9 Å². The molecule has 7 nitrogen and oxygen atoms in total. The van der Waals surface area contributed by atoms with E-state index in [4.69, 9.17) is 22.1 Å². The molecule has 296 valence electrons. The van der Waals surface area contributed by atoms with Gasteiger partial charge in [-0.25, -0.2) is 0 Å². The number of carbonyl (C=O) groups is 2. The summed E-state index contributed by atoms with van der Waals surface area (Å²) in [5.41, 5.74) is 7.70. The summed E-state index contributed by atoms with van der Waals surface area (Å²) in [4.78, 5) is 29.2. The Bertz CT molecular complexity index is 2490. The van der Waals surface area contributed by atoms with Gasteiger partial charge in [-0.3, -0.25) is 19.2 Å². The Labute approximate surface area is 359 Å². The molecule has 0 unspecified atom stereocenters. The maximum absolute atomic E-state index is 14.3. The van der Waals surface area contributed by atoms with Gasteiger partial charge in [-0.2, -0.15) is 5.10 Å². The molecule has 0 radical (unpaired) electrons. The Kier molecular flexibility index (Phi) is 11.3. The van der Waals surface area contributed by atoms with E-state index in [9.17, 15) is 9.59 Å². The summed E-state index contributed by atoms with van der Waals surface area (Å²) < 4.78 is 8.88. The predicted octanol–water partition coefficient (Wildman–Crippen LogP) is 9.30. The van der Waals surface area contributed by atoms with Crippen molar-refractivity contribution in [1.82, 2.24) is 20.0 Å². The molecule has 7 aromatic rings. The molecule has 1 fully saturated rings. The number of carbonyl (C=O) groups excluding carboxylic acids is 2. The van der Waals surface area contributed by atoms with E-state index in [1.54, 1.807) is 16.7 Å². The van der Waals surface area contributed by atoms with E-state index in [-0.39, 0.29) is 28.7 Å². The van der Waals surface area contributed by atoms with Crippen LogP contribution in [-0.2, 0) is 32.7 Å². The first-order valence-corrected chi connectivity index (χ1v) is 21.5. The molecule has 2 atom stereocenters. The quantitative estimate of drug-likeness (QED) is 0.0711. The molecule has 0 saturated carbocycles. The van der Waals surface area contributed by atoms with Gasteiger partial charge in [0.1, 0.15) is 23.1 Å². The second-order valence-electron chi connectivity index (χ2n) is 15.0. The molecule has 9 heteroatoms. The number of fused-ring (bicyclic) bond motifs is 1. The van der Waals surface area contributed by atoms with Gasteiger partial charge in [-0.1, -0.05) is 182 Å². The summed E-state index contributed by atoms with van der Waals surface area (Å²) in [5, 5.41) is 8.04. The number of nitrogens with zero attached hydrogens (tertiary/aromatic N) is 3. The van der Waals surface area contributed by atoms with Gasteiger partial charge in [-0.05, 0) is 63.2 Å². The highest BCUT2D eigenvalue weighted by atomic mass is 32.2. The summed E-state index contributed by atoms with van der Waals surface area (Å²) in [6.07, 6.45) is 4.18. The van der Waals surface area contributed by atoms with Crippen LogP contribution < -0.4 is 5.32 Å². The van der Waals surface area contributed by atoms with E-state index >= 15 is 0 Å². The minimum absolute atomic E-state index is 0.188. The molecule has 1 N–H and O–H groups in total. The molecule has 1 aromatic heterocycles. The third kappa shape index (κ3) is 7.58. The average Bonchev–Trinajstić information content (AvgIpc) is 3.78. The highest BCUT2D eigenvalue weighted by molar-refractivity contribution is 8.00. The second kappa shape index (κ2) is 17.4. The summed E-state index contributed by atoms with van der Waals surface area (Å²) in [5.74, 6) is 0.163. The molecule has 60 heavy (non-hydrogen) atoms. The monoisotopic (exact) mass is 822 g/mol. The molecule has 3 heterocycles. The molecular formula is C51H42N4O3S2. The second-order valence-corrected chi connectivity index (χ2v) is 16.4. The van der Waals surface area contributed by atoms with E-state index in [1.807, 2.05) is 115 Å². The number of hydrogen-bond donors (Lipinski definition) is 1. The van der Waals surface area contributed by atoms with Gasteiger partial charge >= 0.3 is 0 Å². The fraction of sp³-hybridized carbons (Fsp3) is 0.137. The van der Waals surface area contributed by atoms with Gasteiger partial charge < -0.3 is 10.1 Å². The number of amides is 2. The van der Waals surface area contributed by atoms with Crippen LogP contribution in [0, 0.1) is 0 Å². The molecule has 9 rings (SSSR count). The number of β-lactam (4-membered cyclic amide) rings is 1. The molecule has 2 amide bonds. The molecule has 6 aromatic carbocycles. The number of nitrogens with one attached hydrogen (secondary N) is 1. The van der Waals surface area contributed by atoms with E-state index in [1.165, 1.54) is 0 Å². The van der Waals surface area contributed by atoms with Crippen LogP contribution in [0.25, 0.3) is 0 Å². The predicted molar refractivity (Wildman–Crippen MR) is 241 cm³/mol. The van der Waals surface area contributed by atoms with Gasteiger partial charge in [0.15, 0.2) is 0 Å². The lowest BCUT2D eigenvalue weighted by Gasteiger charge is -2.50. The zero-order valence-corrected chi connectivity index (χ0v) is 34.3. The van der Waals surface area contributed by atoms with Gasteiger partial charge in [0.2, 0.25) is 11.0 Å². The Morgan fingerprint density at radius 1 is 0.717 bits per heavy atom. The largest absolute Gasteiger partial charge is 0.469 e. The lowest BCUT2D eigenvalue weighted by molar-refractivity contribution is -0.145. The summed E-state index contributed by atoms with van der Waals surface area (Å²) in [7, 11) is 0. The van der Waals surface area contributed by atoms with Crippen molar-refractivity contribution in [3.8, 4) is 0 Å². The first kappa shape index (κ1) is 38.9. The van der Waals surface area contributed by atoms with Crippen LogP contribution in [0.4, 0.5) is 0 Å². The molecule has 1 saturated heterocycles. The molecule has 0 spiro atoms. The summed E-state index contributed by atoms with van der Waals surface area (Å²) in [6.45, 7) is 0. The van der Waals surface area contributed by atoms with Crippen molar-refractivity contribution < 1.29 is 14.3 Å². The fourth-order valence-corrected chi connectivity index (χ4v) is 10.1. The normalized spacial score (nSPS) is 16.2. The van der Waals surface area contributed by atoms with Crippen molar-refractivity contribution >= 4 is 40.8 Å². The highest BCUT2D eigenvalue weighted by Crippen LogP contribution is 2.44. The van der Waals surface area contributed by atoms with Crippen LogP contribution in [0.3, 0.4) is 0 Å². The molecule has 2 aliphatic rings. The number of thiocarbonyl (C=S) groups is 1. The molecule has 0 aliphatic carbocycles. The van der Waals surface area contributed by atoms with Crippen molar-refractivity contribution in [2.24, 2.45) is 0 Å². The molecular weight excluding hydrogens is 781 g/mol. The lowest BCUT2D eigenvalue weighted by Crippen LogP contribution is -2.70. The van der Waals surface area contributed by atoms with Gasteiger partial charge in [0.25, 0.3) is 5.91 Å². The smallest absolute Gasteiger partial charge is 0.253 e. The lowest BCUT2D eigenvalue weighted by atomic mass is 9.77. The van der Waals surface area contributed by atoms with E-state index in [0.717, 1.165) is 44.5 Å². The number of benzene rings is 6. The average molecular weight is 823 g/mol. The number of thioether (sulfide) groups is 1. The number of rotatable bonds is 13.